The number of rotatable bonds is 12. The number of nitrogens with one attached hydrogen (secondary N) is 1. The van der Waals surface area contributed by atoms with Crippen LogP contribution in [0.4, 0.5) is 10.1 Å². The van der Waals surface area contributed by atoms with Gasteiger partial charge in [0.1, 0.15) is 18.4 Å². The van der Waals surface area contributed by atoms with Gasteiger partial charge in [0, 0.05) is 24.7 Å². The number of carbonyl (C=O) groups excluding carboxylic acids is 2. The molecule has 0 aliphatic heterocycles. The second-order valence-corrected chi connectivity index (χ2v) is 10.9. The third-order valence-electron chi connectivity index (χ3n) is 6.36. The number of hydrogen-bond acceptors (Lipinski definition) is 6. The van der Waals surface area contributed by atoms with Crippen molar-refractivity contribution in [1.29, 1.82) is 0 Å². The Morgan fingerprint density at radius 2 is 1.62 bits per heavy atom. The zero-order valence-corrected chi connectivity index (χ0v) is 24.0. The van der Waals surface area contributed by atoms with Crippen molar-refractivity contribution in [2.75, 3.05) is 31.6 Å². The molecule has 2 amide bonds. The molecule has 0 spiro atoms. The summed E-state index contributed by atoms with van der Waals surface area (Å²) in [7, 11) is -1.49. The van der Waals surface area contributed by atoms with Crippen LogP contribution in [0.1, 0.15) is 25.0 Å². The van der Waals surface area contributed by atoms with Crippen LogP contribution in [0.5, 0.6) is 11.5 Å². The number of nitrogens with zero attached hydrogens (tertiary/aromatic N) is 2. The fourth-order valence-electron chi connectivity index (χ4n) is 4.06. The van der Waals surface area contributed by atoms with Gasteiger partial charge >= 0.3 is 0 Å². The Hall–Kier alpha value is -4.12. The first-order chi connectivity index (χ1) is 19.0. The van der Waals surface area contributed by atoms with E-state index in [9.17, 15) is 22.4 Å². The predicted octanol–water partition coefficient (Wildman–Crippen LogP) is 3.90. The summed E-state index contributed by atoms with van der Waals surface area (Å²) in [6, 6.07) is 15.7. The molecule has 0 aromatic heterocycles. The van der Waals surface area contributed by atoms with Gasteiger partial charge in [0.25, 0.3) is 10.0 Å². The minimum absolute atomic E-state index is 0.129. The van der Waals surface area contributed by atoms with Crippen LogP contribution in [0.25, 0.3) is 0 Å². The van der Waals surface area contributed by atoms with Crippen molar-refractivity contribution in [2.45, 2.75) is 38.3 Å². The number of sulfonamides is 1. The van der Waals surface area contributed by atoms with E-state index in [1.807, 2.05) is 6.92 Å². The third-order valence-corrected chi connectivity index (χ3v) is 8.13. The minimum atomic E-state index is -4.31. The molecule has 0 heterocycles. The van der Waals surface area contributed by atoms with Crippen molar-refractivity contribution in [3.63, 3.8) is 0 Å². The average Bonchev–Trinajstić information content (AvgIpc) is 2.95. The Bertz CT molecular complexity index is 1450. The SMILES string of the molecule is CCNC(=O)[C@@H](C)N(Cc1ccccc1F)C(=O)CN(c1ccc(C)cc1)S(=O)(=O)c1ccc(OC)c(OC)c1. The molecule has 3 rings (SSSR count). The number of aryl methyl sites for hydroxylation is 1. The lowest BCUT2D eigenvalue weighted by Crippen LogP contribution is -2.51. The molecule has 0 unspecified atom stereocenters. The van der Waals surface area contributed by atoms with Gasteiger partial charge in [-0.15, -0.1) is 0 Å². The standard InChI is InChI=1S/C29H34FN3O6S/c1-6-31-29(35)21(3)32(18-22-9-7-8-10-25(22)30)28(34)19-33(23-13-11-20(2)12-14-23)40(36,37)24-15-16-26(38-4)27(17-24)39-5/h7-17,21H,6,18-19H2,1-5H3,(H,31,35)/t21-/m1/s1. The number of ether oxygens (including phenoxy) is 2. The van der Waals surface area contributed by atoms with Crippen molar-refractivity contribution >= 4 is 27.5 Å². The molecule has 1 atom stereocenters. The Kier molecular flexibility index (Phi) is 10.1. The number of methoxy groups -OCH3 is 2. The molecule has 3 aromatic carbocycles. The van der Waals surface area contributed by atoms with Crippen LogP contribution >= 0.6 is 0 Å². The molecule has 214 valence electrons. The monoisotopic (exact) mass is 571 g/mol. The van der Waals surface area contributed by atoms with Gasteiger partial charge in [-0.2, -0.15) is 0 Å². The van der Waals surface area contributed by atoms with Crippen LogP contribution in [-0.2, 0) is 26.2 Å². The highest BCUT2D eigenvalue weighted by Gasteiger charge is 2.33. The Labute approximate surface area is 234 Å². The number of carbonyl (C=O) groups is 2. The second kappa shape index (κ2) is 13.3. The summed E-state index contributed by atoms with van der Waals surface area (Å²) in [5, 5.41) is 2.67. The molecule has 9 nitrogen and oxygen atoms in total. The van der Waals surface area contributed by atoms with Crippen molar-refractivity contribution in [3.8, 4) is 11.5 Å². The van der Waals surface area contributed by atoms with Crippen LogP contribution in [-0.4, -0.2) is 58.5 Å². The van der Waals surface area contributed by atoms with Crippen LogP contribution in [0, 0.1) is 12.7 Å². The van der Waals surface area contributed by atoms with E-state index in [1.165, 1.54) is 62.4 Å². The number of anilines is 1. The van der Waals surface area contributed by atoms with Crippen molar-refractivity contribution in [1.82, 2.24) is 10.2 Å². The maximum atomic E-state index is 14.6. The fraction of sp³-hybridized carbons (Fsp3) is 0.310. The normalized spacial score (nSPS) is 11.8. The van der Waals surface area contributed by atoms with Crippen LogP contribution in [0.15, 0.2) is 71.6 Å². The zero-order valence-electron chi connectivity index (χ0n) is 23.2. The van der Waals surface area contributed by atoms with E-state index in [0.29, 0.717) is 12.3 Å². The topological polar surface area (TPSA) is 105 Å². The van der Waals surface area contributed by atoms with Gasteiger partial charge in [-0.25, -0.2) is 12.8 Å². The molecule has 11 heteroatoms. The molecule has 0 saturated carbocycles. The van der Waals surface area contributed by atoms with E-state index in [-0.39, 0.29) is 28.4 Å². The Balaban J connectivity index is 2.08. The summed E-state index contributed by atoms with van der Waals surface area (Å²) in [6.45, 7) is 4.56. The first kappa shape index (κ1) is 30.4. The molecule has 3 aromatic rings. The van der Waals surface area contributed by atoms with E-state index >= 15 is 0 Å². The van der Waals surface area contributed by atoms with Crippen molar-refractivity contribution < 1.29 is 31.9 Å². The summed E-state index contributed by atoms with van der Waals surface area (Å²) in [6.07, 6.45) is 0. The molecular formula is C29H34FN3O6S. The van der Waals surface area contributed by atoms with E-state index < -0.39 is 40.2 Å². The quantitative estimate of drug-likeness (QED) is 0.354. The maximum Gasteiger partial charge on any atom is 0.264 e. The largest absolute Gasteiger partial charge is 0.493 e. The number of hydrogen-bond donors (Lipinski definition) is 1. The number of likely N-dealkylation sites (N-methyl/N-ethyl adjacent to an activating group) is 1. The predicted molar refractivity (Wildman–Crippen MR) is 150 cm³/mol. The number of benzene rings is 3. The van der Waals surface area contributed by atoms with Gasteiger partial charge in [0.05, 0.1) is 24.8 Å². The van der Waals surface area contributed by atoms with Gasteiger partial charge in [-0.05, 0) is 51.1 Å². The summed E-state index contributed by atoms with van der Waals surface area (Å²) in [5.74, 6) is -1.14. The lowest BCUT2D eigenvalue weighted by atomic mass is 10.1. The van der Waals surface area contributed by atoms with Gasteiger partial charge in [-0.1, -0.05) is 35.9 Å². The highest BCUT2D eigenvalue weighted by molar-refractivity contribution is 7.92. The smallest absolute Gasteiger partial charge is 0.264 e. The van der Waals surface area contributed by atoms with Crippen LogP contribution < -0.4 is 19.1 Å². The molecular weight excluding hydrogens is 537 g/mol. The molecule has 1 N–H and O–H groups in total. The van der Waals surface area contributed by atoms with Gasteiger partial charge in [-0.3, -0.25) is 13.9 Å². The van der Waals surface area contributed by atoms with Crippen LogP contribution in [0.3, 0.4) is 0 Å². The second-order valence-electron chi connectivity index (χ2n) is 9.05. The van der Waals surface area contributed by atoms with E-state index in [1.54, 1.807) is 37.3 Å². The molecule has 0 radical (unpaired) electrons. The number of halogens is 1. The van der Waals surface area contributed by atoms with Crippen molar-refractivity contribution in [3.05, 3.63) is 83.7 Å². The zero-order chi connectivity index (χ0) is 29.4. The lowest BCUT2D eigenvalue weighted by molar-refractivity contribution is -0.139. The van der Waals surface area contributed by atoms with Crippen LogP contribution in [0.2, 0.25) is 0 Å². The highest BCUT2D eigenvalue weighted by Crippen LogP contribution is 2.32. The summed E-state index contributed by atoms with van der Waals surface area (Å²) in [4.78, 5) is 27.6. The van der Waals surface area contributed by atoms with E-state index in [4.69, 9.17) is 9.47 Å². The third kappa shape index (κ3) is 6.90. The Morgan fingerprint density at radius 1 is 0.975 bits per heavy atom. The summed E-state index contributed by atoms with van der Waals surface area (Å²) < 4.78 is 54.0. The molecule has 0 aliphatic rings. The van der Waals surface area contributed by atoms with E-state index in [2.05, 4.69) is 5.32 Å². The Morgan fingerprint density at radius 3 is 2.23 bits per heavy atom. The summed E-state index contributed by atoms with van der Waals surface area (Å²) in [5.41, 5.74) is 1.33. The fourth-order valence-corrected chi connectivity index (χ4v) is 5.49. The highest BCUT2D eigenvalue weighted by atomic mass is 32.2. The summed E-state index contributed by atoms with van der Waals surface area (Å²) >= 11 is 0. The van der Waals surface area contributed by atoms with E-state index in [0.717, 1.165) is 9.87 Å². The maximum absolute atomic E-state index is 14.6. The van der Waals surface area contributed by atoms with Crippen molar-refractivity contribution in [2.24, 2.45) is 0 Å². The average molecular weight is 572 g/mol. The van der Waals surface area contributed by atoms with Gasteiger partial charge in [0.2, 0.25) is 11.8 Å². The first-order valence-electron chi connectivity index (χ1n) is 12.7. The molecule has 0 saturated heterocycles. The molecule has 40 heavy (non-hydrogen) atoms. The molecule has 0 fully saturated rings. The molecule has 0 aliphatic carbocycles. The van der Waals surface area contributed by atoms with Gasteiger partial charge < -0.3 is 19.7 Å². The molecule has 0 bridgehead atoms. The minimum Gasteiger partial charge on any atom is -0.493 e. The number of amides is 2. The first-order valence-corrected chi connectivity index (χ1v) is 14.1. The van der Waals surface area contributed by atoms with Gasteiger partial charge in [0.15, 0.2) is 11.5 Å². The lowest BCUT2D eigenvalue weighted by Gasteiger charge is -2.32.